The second-order valence-electron chi connectivity index (χ2n) is 5.72. The Kier molecular flexibility index (Phi) is 4.69. The van der Waals surface area contributed by atoms with Crippen LogP contribution in [0.4, 0.5) is 0 Å². The summed E-state index contributed by atoms with van der Waals surface area (Å²) in [4.78, 5) is 17.9. The minimum Gasteiger partial charge on any atom is -0.477 e. The maximum Gasteiger partial charge on any atom is 0.349 e. The molecular weight excluding hydrogens is 437 g/mol. The zero-order valence-corrected chi connectivity index (χ0v) is 17.1. The van der Waals surface area contributed by atoms with Crippen LogP contribution < -0.4 is 10.1 Å². The van der Waals surface area contributed by atoms with Gasteiger partial charge in [-0.3, -0.25) is 0 Å². The van der Waals surface area contributed by atoms with Crippen molar-refractivity contribution < 1.29 is 9.67 Å². The Labute approximate surface area is 171 Å². The highest BCUT2D eigenvalue weighted by atomic mass is 35.5. The Hall–Kier alpha value is -1.25. The number of rotatable bonds is 2. The molecule has 134 valence electrons. The molecule has 10 heteroatoms. The van der Waals surface area contributed by atoms with Crippen molar-refractivity contribution in [1.29, 1.82) is 0 Å². The minimum atomic E-state index is -0.317. The van der Waals surface area contributed by atoms with Crippen molar-refractivity contribution in [2.45, 2.75) is 11.2 Å². The number of thioether (sulfide) groups is 1. The van der Waals surface area contributed by atoms with Gasteiger partial charge in [-0.15, -0.1) is 11.3 Å². The molecule has 1 N–H and O–H groups in total. The van der Waals surface area contributed by atoms with Crippen LogP contribution >= 0.6 is 57.9 Å². The molecule has 1 atom stereocenters. The number of halogens is 3. The summed E-state index contributed by atoms with van der Waals surface area (Å²) in [5.74, 6) is 0.542. The number of hydrogen-bond donors (Lipinski definition) is 1. The first-order valence-corrected chi connectivity index (χ1v) is 10.4. The van der Waals surface area contributed by atoms with Gasteiger partial charge >= 0.3 is 10.7 Å². The molecule has 5 nitrogen and oxygen atoms in total. The van der Waals surface area contributed by atoms with Gasteiger partial charge in [0.25, 0.3) is 5.88 Å². The molecule has 1 aliphatic rings. The summed E-state index contributed by atoms with van der Waals surface area (Å²) in [5.41, 5.74) is 0.306. The Morgan fingerprint density at radius 3 is 2.58 bits per heavy atom. The van der Waals surface area contributed by atoms with E-state index in [0.29, 0.717) is 31.0 Å². The molecule has 1 aliphatic heterocycles. The van der Waals surface area contributed by atoms with E-state index in [1.54, 1.807) is 36.0 Å². The highest BCUT2D eigenvalue weighted by Gasteiger charge is 2.40. The lowest BCUT2D eigenvalue weighted by atomic mass is 10.1. The van der Waals surface area contributed by atoms with E-state index in [0.717, 1.165) is 4.88 Å². The molecule has 3 heterocycles. The third-order valence-electron chi connectivity index (χ3n) is 4.12. The lowest BCUT2D eigenvalue weighted by Crippen LogP contribution is -2.44. The Bertz CT molecular complexity index is 1080. The van der Waals surface area contributed by atoms with Gasteiger partial charge < -0.3 is 5.11 Å². The molecule has 26 heavy (non-hydrogen) atoms. The van der Waals surface area contributed by atoms with E-state index in [9.17, 15) is 9.90 Å². The second kappa shape index (κ2) is 6.73. The minimum absolute atomic E-state index is 0.124. The van der Waals surface area contributed by atoms with Gasteiger partial charge in [0.15, 0.2) is 16.1 Å². The van der Waals surface area contributed by atoms with Crippen LogP contribution in [0.3, 0.4) is 0 Å². The SMILES string of the molecule is Cn1c2[n+](c(O)c(-c3cc(Cl)cc(Cl)c3)c1=O)[C@@H](c1cnc(Cl)s1)CS2. The van der Waals surface area contributed by atoms with Gasteiger partial charge in [-0.1, -0.05) is 34.8 Å². The van der Waals surface area contributed by atoms with Crippen molar-refractivity contribution in [3.63, 3.8) is 0 Å². The van der Waals surface area contributed by atoms with Crippen molar-refractivity contribution >= 4 is 57.9 Å². The van der Waals surface area contributed by atoms with Crippen LogP contribution in [0.2, 0.25) is 14.5 Å². The quantitative estimate of drug-likeness (QED) is 0.473. The fraction of sp³-hybridized carbons (Fsp3) is 0.188. The molecule has 0 radical (unpaired) electrons. The fourth-order valence-electron chi connectivity index (χ4n) is 2.98. The third-order valence-corrected chi connectivity index (χ3v) is 6.98. The molecule has 3 aromatic rings. The smallest absolute Gasteiger partial charge is 0.349 e. The van der Waals surface area contributed by atoms with Crippen LogP contribution in [-0.2, 0) is 7.05 Å². The van der Waals surface area contributed by atoms with Gasteiger partial charge in [-0.2, -0.15) is 9.13 Å². The summed E-state index contributed by atoms with van der Waals surface area (Å²) < 4.78 is 3.70. The molecule has 1 aromatic carbocycles. The fourth-order valence-corrected chi connectivity index (χ4v) is 5.92. The average molecular weight is 448 g/mol. The standard InChI is InChI=1S/C16H10Cl3N3O2S2/c1-21-13(23)12(7-2-8(17)4-9(18)3-7)14(24)22-10(6-25-16(21)22)11-5-20-15(19)26-11/h2-5,10H,6H2,1H3/p+1/t10-/m1/s1. The first-order valence-electron chi connectivity index (χ1n) is 7.45. The number of aromatic nitrogens is 3. The van der Waals surface area contributed by atoms with Crippen molar-refractivity contribution in [1.82, 2.24) is 9.55 Å². The Morgan fingerprint density at radius 1 is 1.27 bits per heavy atom. The number of thiazole rings is 1. The van der Waals surface area contributed by atoms with E-state index in [1.807, 2.05) is 0 Å². The summed E-state index contributed by atoms with van der Waals surface area (Å²) in [5, 5.41) is 12.4. The van der Waals surface area contributed by atoms with Crippen LogP contribution in [0.1, 0.15) is 10.9 Å². The number of fused-ring (bicyclic) bond motifs is 1. The van der Waals surface area contributed by atoms with Crippen LogP contribution in [0.5, 0.6) is 5.88 Å². The maximum atomic E-state index is 12.9. The van der Waals surface area contributed by atoms with E-state index in [2.05, 4.69) is 4.98 Å². The Balaban J connectivity index is 1.98. The van der Waals surface area contributed by atoms with E-state index in [1.165, 1.54) is 27.7 Å². The topological polar surface area (TPSA) is 59.0 Å². The molecule has 0 fully saturated rings. The summed E-state index contributed by atoms with van der Waals surface area (Å²) in [6.07, 6.45) is 1.70. The van der Waals surface area contributed by atoms with Crippen LogP contribution in [-0.4, -0.2) is 20.4 Å². The summed E-state index contributed by atoms with van der Waals surface area (Å²) in [7, 11) is 1.68. The van der Waals surface area contributed by atoms with Crippen molar-refractivity contribution in [3.05, 3.63) is 54.1 Å². The van der Waals surface area contributed by atoms with Gasteiger partial charge in [-0.05, 0) is 30.0 Å². The van der Waals surface area contributed by atoms with Gasteiger partial charge in [0.1, 0.15) is 0 Å². The normalized spacial score (nSPS) is 16.1. The maximum absolute atomic E-state index is 12.9. The van der Waals surface area contributed by atoms with Crippen LogP contribution in [0, 0.1) is 0 Å². The molecule has 2 aromatic heterocycles. The van der Waals surface area contributed by atoms with Crippen molar-refractivity contribution in [2.24, 2.45) is 7.05 Å². The molecule has 0 spiro atoms. The van der Waals surface area contributed by atoms with Crippen molar-refractivity contribution in [3.8, 4) is 17.0 Å². The molecule has 0 saturated heterocycles. The predicted molar refractivity (Wildman–Crippen MR) is 105 cm³/mol. The lowest BCUT2D eigenvalue weighted by molar-refractivity contribution is -0.748. The summed E-state index contributed by atoms with van der Waals surface area (Å²) in [6, 6.07) is 4.63. The highest BCUT2D eigenvalue weighted by Crippen LogP contribution is 2.38. The molecule has 4 rings (SSSR count). The number of hydrogen-bond acceptors (Lipinski definition) is 5. The van der Waals surface area contributed by atoms with E-state index >= 15 is 0 Å². The first-order chi connectivity index (χ1) is 12.4. The van der Waals surface area contributed by atoms with Gasteiger partial charge in [-0.25, -0.2) is 9.78 Å². The molecule has 0 saturated carbocycles. The summed E-state index contributed by atoms with van der Waals surface area (Å²) in [6.45, 7) is 0. The second-order valence-corrected chi connectivity index (χ2v) is 9.22. The number of nitrogens with zero attached hydrogens (tertiary/aromatic N) is 3. The Morgan fingerprint density at radius 2 is 1.96 bits per heavy atom. The molecule has 0 unspecified atom stereocenters. The van der Waals surface area contributed by atoms with Gasteiger partial charge in [0.05, 0.1) is 17.7 Å². The molecule has 0 amide bonds. The van der Waals surface area contributed by atoms with Gasteiger partial charge in [0, 0.05) is 21.8 Å². The number of aromatic hydroxyl groups is 1. The average Bonchev–Trinajstić information content (AvgIpc) is 3.18. The van der Waals surface area contributed by atoms with E-state index in [4.69, 9.17) is 34.8 Å². The molecular formula is C16H11Cl3N3O2S2+. The zero-order valence-electron chi connectivity index (χ0n) is 13.2. The van der Waals surface area contributed by atoms with Crippen LogP contribution in [0.25, 0.3) is 11.1 Å². The number of benzene rings is 1. The third kappa shape index (κ3) is 2.92. The predicted octanol–water partition coefficient (Wildman–Crippen LogP) is 4.16. The van der Waals surface area contributed by atoms with E-state index in [-0.39, 0.29) is 23.0 Å². The summed E-state index contributed by atoms with van der Waals surface area (Å²) >= 11 is 21.0. The van der Waals surface area contributed by atoms with Crippen LogP contribution in [0.15, 0.2) is 34.3 Å². The van der Waals surface area contributed by atoms with Gasteiger partial charge in [0.2, 0.25) is 0 Å². The largest absolute Gasteiger partial charge is 0.477 e. The highest BCUT2D eigenvalue weighted by molar-refractivity contribution is 7.99. The van der Waals surface area contributed by atoms with Crippen molar-refractivity contribution in [2.75, 3.05) is 5.75 Å². The first kappa shape index (κ1) is 18.1. The molecule has 0 bridgehead atoms. The zero-order chi connectivity index (χ0) is 18.6. The van der Waals surface area contributed by atoms with E-state index < -0.39 is 0 Å². The lowest BCUT2D eigenvalue weighted by Gasteiger charge is -2.12. The molecule has 0 aliphatic carbocycles. The monoisotopic (exact) mass is 446 g/mol.